The fraction of sp³-hybridized carbons (Fsp3) is 0.714. The van der Waals surface area contributed by atoms with Crippen LogP contribution < -0.4 is 0 Å². The molecule has 0 N–H and O–H groups in total. The molecule has 3 atom stereocenters. The highest BCUT2D eigenvalue weighted by Gasteiger charge is 2.43. The lowest BCUT2D eigenvalue weighted by Gasteiger charge is -2.19. The first-order chi connectivity index (χ1) is 8.72. The quantitative estimate of drug-likeness (QED) is 0.765. The average Bonchev–Trinajstić information content (AvgIpc) is 3.05. The predicted molar refractivity (Wildman–Crippen MR) is 66.8 cm³/mol. The summed E-state index contributed by atoms with van der Waals surface area (Å²) in [5.41, 5.74) is 1.12. The molecule has 0 radical (unpaired) electrons. The number of carbonyl (C=O) groups excluding carboxylic acids is 1. The molecule has 3 unspecified atom stereocenters. The van der Waals surface area contributed by atoms with E-state index in [1.807, 2.05) is 19.4 Å². The highest BCUT2D eigenvalue weighted by molar-refractivity contribution is 5.73. The number of nitrogens with zero attached hydrogens (tertiary/aromatic N) is 2. The molecule has 2 bridgehead atoms. The van der Waals surface area contributed by atoms with Gasteiger partial charge in [-0.3, -0.25) is 9.48 Å². The van der Waals surface area contributed by atoms with E-state index in [1.54, 1.807) is 4.68 Å². The Morgan fingerprint density at radius 2 is 2.39 bits per heavy atom. The molecule has 0 amide bonds. The molecule has 18 heavy (non-hydrogen) atoms. The fourth-order valence-corrected chi connectivity index (χ4v) is 3.51. The molecule has 2 aliphatic rings. The Labute approximate surface area is 107 Å². The van der Waals surface area contributed by atoms with Gasteiger partial charge in [0.1, 0.15) is 0 Å². The maximum Gasteiger partial charge on any atom is 0.309 e. The van der Waals surface area contributed by atoms with Crippen LogP contribution in [0.25, 0.3) is 0 Å². The van der Waals surface area contributed by atoms with Crippen LogP contribution in [0.3, 0.4) is 0 Å². The van der Waals surface area contributed by atoms with Crippen LogP contribution in [-0.4, -0.2) is 22.4 Å². The van der Waals surface area contributed by atoms with E-state index in [-0.39, 0.29) is 11.9 Å². The van der Waals surface area contributed by atoms with Gasteiger partial charge < -0.3 is 4.74 Å². The maximum atomic E-state index is 12.0. The zero-order valence-electron chi connectivity index (χ0n) is 10.8. The average molecular weight is 248 g/mol. The van der Waals surface area contributed by atoms with Gasteiger partial charge in [-0.05, 0) is 36.7 Å². The molecule has 4 nitrogen and oxygen atoms in total. The van der Waals surface area contributed by atoms with Gasteiger partial charge in [0.05, 0.1) is 18.7 Å². The predicted octanol–water partition coefficient (Wildman–Crippen LogP) is 1.94. The van der Waals surface area contributed by atoms with Crippen LogP contribution in [0, 0.1) is 17.8 Å². The van der Waals surface area contributed by atoms with Crippen molar-refractivity contribution in [1.82, 2.24) is 9.78 Å². The molecule has 3 rings (SSSR count). The Balaban J connectivity index is 1.44. The van der Waals surface area contributed by atoms with Gasteiger partial charge in [0.25, 0.3) is 0 Å². The second-order valence-electron chi connectivity index (χ2n) is 5.72. The van der Waals surface area contributed by atoms with Crippen molar-refractivity contribution < 1.29 is 9.53 Å². The van der Waals surface area contributed by atoms with E-state index in [4.69, 9.17) is 4.74 Å². The standard InChI is InChI=1S/C14H20N2O2/c1-16-9-11(8-15-16)4-5-18-14(17)13-7-10-2-3-12(13)6-10/h8-10,12-13H,2-7H2,1H3. The zero-order valence-corrected chi connectivity index (χ0v) is 10.8. The molecule has 1 aromatic heterocycles. The van der Waals surface area contributed by atoms with Gasteiger partial charge in [0, 0.05) is 19.7 Å². The summed E-state index contributed by atoms with van der Waals surface area (Å²) in [7, 11) is 1.89. The minimum absolute atomic E-state index is 0.0334. The molecular weight excluding hydrogens is 228 g/mol. The van der Waals surface area contributed by atoms with Crippen molar-refractivity contribution >= 4 is 5.97 Å². The summed E-state index contributed by atoms with van der Waals surface area (Å²) in [6.07, 6.45) is 9.42. The molecule has 2 saturated carbocycles. The number of aromatic nitrogens is 2. The van der Waals surface area contributed by atoms with Crippen LogP contribution in [0.4, 0.5) is 0 Å². The number of ether oxygens (including phenoxy) is 1. The van der Waals surface area contributed by atoms with Gasteiger partial charge in [0.15, 0.2) is 0 Å². The monoisotopic (exact) mass is 248 g/mol. The lowest BCUT2D eigenvalue weighted by Crippen LogP contribution is -2.23. The van der Waals surface area contributed by atoms with Gasteiger partial charge in [-0.15, -0.1) is 0 Å². The number of fused-ring (bicyclic) bond motifs is 2. The largest absolute Gasteiger partial charge is 0.465 e. The van der Waals surface area contributed by atoms with Crippen LogP contribution >= 0.6 is 0 Å². The topological polar surface area (TPSA) is 44.1 Å². The summed E-state index contributed by atoms with van der Waals surface area (Å²) in [6.45, 7) is 0.485. The first-order valence-corrected chi connectivity index (χ1v) is 6.86. The third-order valence-corrected chi connectivity index (χ3v) is 4.43. The maximum absolute atomic E-state index is 12.0. The van der Waals surface area contributed by atoms with Crippen molar-refractivity contribution in [2.45, 2.75) is 32.1 Å². The molecule has 2 aliphatic carbocycles. The zero-order chi connectivity index (χ0) is 12.5. The summed E-state index contributed by atoms with van der Waals surface area (Å²) in [4.78, 5) is 12.0. The SMILES string of the molecule is Cn1cc(CCOC(=O)C2CC3CCC2C3)cn1. The number of hydrogen-bond donors (Lipinski definition) is 0. The Kier molecular flexibility index (Phi) is 3.10. The van der Waals surface area contributed by atoms with Crippen molar-refractivity contribution in [3.63, 3.8) is 0 Å². The molecule has 0 aliphatic heterocycles. The van der Waals surface area contributed by atoms with E-state index in [0.29, 0.717) is 12.5 Å². The van der Waals surface area contributed by atoms with Gasteiger partial charge >= 0.3 is 5.97 Å². The first kappa shape index (κ1) is 11.8. The molecule has 4 heteroatoms. The minimum atomic E-state index is 0.0334. The smallest absolute Gasteiger partial charge is 0.309 e. The van der Waals surface area contributed by atoms with Crippen LogP contribution in [-0.2, 0) is 23.0 Å². The molecular formula is C14H20N2O2. The van der Waals surface area contributed by atoms with Gasteiger partial charge in [-0.25, -0.2) is 0 Å². The van der Waals surface area contributed by atoms with Crippen LogP contribution in [0.5, 0.6) is 0 Å². The Morgan fingerprint density at radius 1 is 1.50 bits per heavy atom. The number of esters is 1. The number of rotatable bonds is 4. The lowest BCUT2D eigenvalue weighted by molar-refractivity contribution is -0.150. The Hall–Kier alpha value is -1.32. The number of hydrogen-bond acceptors (Lipinski definition) is 3. The second-order valence-corrected chi connectivity index (χ2v) is 5.72. The van der Waals surface area contributed by atoms with E-state index in [1.165, 1.54) is 19.3 Å². The molecule has 1 aromatic rings. The van der Waals surface area contributed by atoms with Gasteiger partial charge in [-0.2, -0.15) is 5.10 Å². The summed E-state index contributed by atoms with van der Waals surface area (Å²) >= 11 is 0. The van der Waals surface area contributed by atoms with E-state index >= 15 is 0 Å². The third kappa shape index (κ3) is 2.28. The lowest BCUT2D eigenvalue weighted by atomic mass is 9.89. The Morgan fingerprint density at radius 3 is 3.00 bits per heavy atom. The Bertz CT molecular complexity index is 441. The van der Waals surface area contributed by atoms with E-state index < -0.39 is 0 Å². The van der Waals surface area contributed by atoms with Gasteiger partial charge in [-0.1, -0.05) is 6.42 Å². The number of aryl methyl sites for hydroxylation is 1. The molecule has 0 spiro atoms. The van der Waals surface area contributed by atoms with Crippen LogP contribution in [0.15, 0.2) is 12.4 Å². The van der Waals surface area contributed by atoms with Gasteiger partial charge in [0.2, 0.25) is 0 Å². The summed E-state index contributed by atoms with van der Waals surface area (Å²) < 4.78 is 7.19. The van der Waals surface area contributed by atoms with Crippen molar-refractivity contribution in [3.8, 4) is 0 Å². The number of carbonyl (C=O) groups is 1. The first-order valence-electron chi connectivity index (χ1n) is 6.86. The van der Waals surface area contributed by atoms with Crippen molar-refractivity contribution in [2.24, 2.45) is 24.8 Å². The normalized spacial score (nSPS) is 29.7. The minimum Gasteiger partial charge on any atom is -0.465 e. The van der Waals surface area contributed by atoms with E-state index in [0.717, 1.165) is 24.3 Å². The summed E-state index contributed by atoms with van der Waals surface area (Å²) in [5.74, 6) is 1.63. The van der Waals surface area contributed by atoms with Crippen molar-refractivity contribution in [1.29, 1.82) is 0 Å². The second kappa shape index (κ2) is 4.75. The van der Waals surface area contributed by atoms with Crippen LogP contribution in [0.2, 0.25) is 0 Å². The van der Waals surface area contributed by atoms with Crippen molar-refractivity contribution in [3.05, 3.63) is 18.0 Å². The van der Waals surface area contributed by atoms with Crippen molar-refractivity contribution in [2.75, 3.05) is 6.61 Å². The summed E-state index contributed by atoms with van der Waals surface area (Å²) in [6, 6.07) is 0. The molecule has 2 fully saturated rings. The highest BCUT2D eigenvalue weighted by atomic mass is 16.5. The molecule has 1 heterocycles. The highest BCUT2D eigenvalue weighted by Crippen LogP contribution is 2.48. The molecule has 0 aromatic carbocycles. The summed E-state index contributed by atoms with van der Waals surface area (Å²) in [5, 5.41) is 4.10. The third-order valence-electron chi connectivity index (χ3n) is 4.43. The molecule has 0 saturated heterocycles. The molecule has 98 valence electrons. The van der Waals surface area contributed by atoms with E-state index in [2.05, 4.69) is 5.10 Å². The van der Waals surface area contributed by atoms with Crippen LogP contribution in [0.1, 0.15) is 31.2 Å². The fourth-order valence-electron chi connectivity index (χ4n) is 3.51. The van der Waals surface area contributed by atoms with E-state index in [9.17, 15) is 4.79 Å².